The molecule has 3 aromatic heterocycles. The van der Waals surface area contributed by atoms with E-state index in [4.69, 9.17) is 14.1 Å². The molecule has 5 aromatic rings. The Balaban J connectivity index is 1.51. The minimum atomic E-state index is -0.186. The van der Waals surface area contributed by atoms with Crippen molar-refractivity contribution in [1.82, 2.24) is 20.1 Å². The van der Waals surface area contributed by atoms with Crippen molar-refractivity contribution in [2.24, 2.45) is 0 Å². The number of rotatable bonds is 8. The zero-order valence-corrected chi connectivity index (χ0v) is 18.8. The quantitative estimate of drug-likeness (QED) is 0.365. The average Bonchev–Trinajstić information content (AvgIpc) is 3.54. The number of furan rings is 1. The molecule has 0 bridgehead atoms. The second-order valence-corrected chi connectivity index (χ2v) is 7.92. The van der Waals surface area contributed by atoms with E-state index in [2.05, 4.69) is 10.4 Å². The molecule has 2 aromatic carbocycles. The standard InChI is InChI=1S/C27H24N4O3/c1-33-18-21-11-6-5-10-20(21)15-28-27(32)23-14-25(19-8-3-2-4-9-19)30-26-24(23)16-29-31(26)17-22-12-7-13-34-22/h2-14,16H,15,17-18H2,1H3,(H,28,32). The van der Waals surface area contributed by atoms with Crippen LogP contribution in [-0.4, -0.2) is 27.8 Å². The molecule has 34 heavy (non-hydrogen) atoms. The van der Waals surface area contributed by atoms with Crippen LogP contribution < -0.4 is 5.32 Å². The number of nitrogens with zero attached hydrogens (tertiary/aromatic N) is 3. The first kappa shape index (κ1) is 21.6. The third kappa shape index (κ3) is 4.46. The lowest BCUT2D eigenvalue weighted by molar-refractivity contribution is 0.0952. The number of hydrogen-bond donors (Lipinski definition) is 1. The molecule has 5 rings (SSSR count). The monoisotopic (exact) mass is 452 g/mol. The molecule has 0 unspecified atom stereocenters. The van der Waals surface area contributed by atoms with Crippen molar-refractivity contribution < 1.29 is 13.9 Å². The predicted molar refractivity (Wildman–Crippen MR) is 129 cm³/mol. The van der Waals surface area contributed by atoms with Gasteiger partial charge in [-0.3, -0.25) is 4.79 Å². The maximum atomic E-state index is 13.4. The first-order chi connectivity index (χ1) is 16.7. The van der Waals surface area contributed by atoms with Gasteiger partial charge in [0.15, 0.2) is 5.65 Å². The maximum absolute atomic E-state index is 13.4. The second-order valence-electron chi connectivity index (χ2n) is 7.92. The van der Waals surface area contributed by atoms with Crippen LogP contribution >= 0.6 is 0 Å². The Bertz CT molecular complexity index is 1410. The molecular formula is C27H24N4O3. The van der Waals surface area contributed by atoms with Crippen LogP contribution in [0.5, 0.6) is 0 Å². The molecule has 0 atom stereocenters. The number of pyridine rings is 1. The van der Waals surface area contributed by atoms with Crippen molar-refractivity contribution in [3.05, 3.63) is 108 Å². The van der Waals surface area contributed by atoms with Crippen molar-refractivity contribution >= 4 is 16.9 Å². The summed E-state index contributed by atoms with van der Waals surface area (Å²) in [6, 6.07) is 23.3. The van der Waals surface area contributed by atoms with Gasteiger partial charge in [0.05, 0.1) is 35.7 Å². The number of amides is 1. The molecule has 0 aliphatic carbocycles. The predicted octanol–water partition coefficient (Wildman–Crippen LogP) is 4.82. The van der Waals surface area contributed by atoms with Gasteiger partial charge < -0.3 is 14.5 Å². The van der Waals surface area contributed by atoms with Crippen molar-refractivity contribution in [2.75, 3.05) is 7.11 Å². The van der Waals surface area contributed by atoms with Crippen LogP contribution in [0.3, 0.4) is 0 Å². The summed E-state index contributed by atoms with van der Waals surface area (Å²) in [6.45, 7) is 1.31. The Hall–Kier alpha value is -4.23. The van der Waals surface area contributed by atoms with E-state index >= 15 is 0 Å². The summed E-state index contributed by atoms with van der Waals surface area (Å²) < 4.78 is 12.5. The van der Waals surface area contributed by atoms with Gasteiger partial charge in [0.2, 0.25) is 0 Å². The zero-order chi connectivity index (χ0) is 23.3. The number of hydrogen-bond acceptors (Lipinski definition) is 5. The van der Waals surface area contributed by atoms with Crippen molar-refractivity contribution in [1.29, 1.82) is 0 Å². The molecule has 7 heteroatoms. The molecule has 0 aliphatic rings. The topological polar surface area (TPSA) is 82.2 Å². The summed E-state index contributed by atoms with van der Waals surface area (Å²) in [5, 5.41) is 8.25. The van der Waals surface area contributed by atoms with E-state index in [0.717, 1.165) is 22.5 Å². The normalized spacial score (nSPS) is 11.1. The highest BCUT2D eigenvalue weighted by Gasteiger charge is 2.18. The lowest BCUT2D eigenvalue weighted by Crippen LogP contribution is -2.24. The van der Waals surface area contributed by atoms with Gasteiger partial charge in [-0.25, -0.2) is 9.67 Å². The Labute approximate surface area is 197 Å². The smallest absolute Gasteiger partial charge is 0.252 e. The number of carbonyl (C=O) groups excluding carboxylic acids is 1. The maximum Gasteiger partial charge on any atom is 0.252 e. The van der Waals surface area contributed by atoms with Gasteiger partial charge in [0.1, 0.15) is 12.3 Å². The molecule has 0 radical (unpaired) electrons. The summed E-state index contributed by atoms with van der Waals surface area (Å²) in [5.41, 5.74) is 4.84. The number of aromatic nitrogens is 3. The number of methoxy groups -OCH3 is 1. The molecule has 1 amide bonds. The summed E-state index contributed by atoms with van der Waals surface area (Å²) in [6.07, 6.45) is 3.32. The minimum Gasteiger partial charge on any atom is -0.467 e. The zero-order valence-electron chi connectivity index (χ0n) is 18.8. The van der Waals surface area contributed by atoms with Gasteiger partial charge in [-0.2, -0.15) is 5.10 Å². The van der Waals surface area contributed by atoms with E-state index in [1.807, 2.05) is 72.8 Å². The second kappa shape index (κ2) is 9.72. The average molecular weight is 453 g/mol. The van der Waals surface area contributed by atoms with Crippen LogP contribution in [0.2, 0.25) is 0 Å². The molecule has 7 nitrogen and oxygen atoms in total. The fourth-order valence-corrected chi connectivity index (χ4v) is 3.96. The Morgan fingerprint density at radius 2 is 1.82 bits per heavy atom. The van der Waals surface area contributed by atoms with E-state index < -0.39 is 0 Å². The van der Waals surface area contributed by atoms with Gasteiger partial charge in [-0.05, 0) is 29.3 Å². The summed E-state index contributed by atoms with van der Waals surface area (Å²) in [5.74, 6) is 0.576. The molecule has 3 heterocycles. The van der Waals surface area contributed by atoms with Crippen LogP contribution in [0, 0.1) is 0 Å². The number of fused-ring (bicyclic) bond motifs is 1. The molecule has 0 fully saturated rings. The van der Waals surface area contributed by atoms with Crippen LogP contribution in [0.1, 0.15) is 27.2 Å². The fraction of sp³-hybridized carbons (Fsp3) is 0.148. The molecule has 0 spiro atoms. The molecular weight excluding hydrogens is 428 g/mol. The number of carbonyl (C=O) groups is 1. The number of benzene rings is 2. The first-order valence-electron chi connectivity index (χ1n) is 11.0. The fourth-order valence-electron chi connectivity index (χ4n) is 3.96. The molecule has 0 saturated heterocycles. The highest BCUT2D eigenvalue weighted by Crippen LogP contribution is 2.25. The molecule has 0 aliphatic heterocycles. The van der Waals surface area contributed by atoms with Crippen molar-refractivity contribution in [3.63, 3.8) is 0 Å². The van der Waals surface area contributed by atoms with Gasteiger partial charge in [-0.1, -0.05) is 54.6 Å². The van der Waals surface area contributed by atoms with E-state index in [0.29, 0.717) is 42.0 Å². The Morgan fingerprint density at radius 1 is 1.03 bits per heavy atom. The third-order valence-corrected chi connectivity index (χ3v) is 5.67. The first-order valence-corrected chi connectivity index (χ1v) is 11.0. The molecule has 0 saturated carbocycles. The lowest BCUT2D eigenvalue weighted by atomic mass is 10.1. The van der Waals surface area contributed by atoms with Gasteiger partial charge in [0, 0.05) is 19.2 Å². The largest absolute Gasteiger partial charge is 0.467 e. The van der Waals surface area contributed by atoms with Gasteiger partial charge in [0.25, 0.3) is 5.91 Å². The highest BCUT2D eigenvalue weighted by atomic mass is 16.5. The van der Waals surface area contributed by atoms with E-state index in [-0.39, 0.29) is 5.91 Å². The SMILES string of the molecule is COCc1ccccc1CNC(=O)c1cc(-c2ccccc2)nc2c1cnn2Cc1ccco1. The molecule has 1 N–H and O–H groups in total. The van der Waals surface area contributed by atoms with E-state index in [1.54, 1.807) is 24.3 Å². The Morgan fingerprint density at radius 3 is 2.59 bits per heavy atom. The Kier molecular flexibility index (Phi) is 6.18. The summed E-state index contributed by atoms with van der Waals surface area (Å²) in [7, 11) is 1.66. The van der Waals surface area contributed by atoms with Crippen LogP contribution in [0.15, 0.2) is 89.7 Å². The minimum absolute atomic E-state index is 0.186. The number of nitrogens with one attached hydrogen (secondary N) is 1. The highest BCUT2D eigenvalue weighted by molar-refractivity contribution is 6.06. The number of ether oxygens (including phenoxy) is 1. The van der Waals surface area contributed by atoms with Gasteiger partial charge >= 0.3 is 0 Å². The van der Waals surface area contributed by atoms with E-state index in [9.17, 15) is 4.79 Å². The van der Waals surface area contributed by atoms with Gasteiger partial charge in [-0.15, -0.1) is 0 Å². The van der Waals surface area contributed by atoms with Crippen molar-refractivity contribution in [2.45, 2.75) is 19.7 Å². The summed E-state index contributed by atoms with van der Waals surface area (Å²) in [4.78, 5) is 18.2. The van der Waals surface area contributed by atoms with Crippen LogP contribution in [-0.2, 0) is 24.4 Å². The van der Waals surface area contributed by atoms with Crippen LogP contribution in [0.25, 0.3) is 22.3 Å². The summed E-state index contributed by atoms with van der Waals surface area (Å²) >= 11 is 0. The van der Waals surface area contributed by atoms with Crippen molar-refractivity contribution in [3.8, 4) is 11.3 Å². The third-order valence-electron chi connectivity index (χ3n) is 5.67. The van der Waals surface area contributed by atoms with E-state index in [1.165, 1.54) is 0 Å². The molecule has 170 valence electrons. The lowest BCUT2D eigenvalue weighted by Gasteiger charge is -2.12. The van der Waals surface area contributed by atoms with Crippen LogP contribution in [0.4, 0.5) is 0 Å².